The zero-order valence-corrected chi connectivity index (χ0v) is 10.5. The van der Waals surface area contributed by atoms with Gasteiger partial charge in [0.1, 0.15) is 12.4 Å². The van der Waals surface area contributed by atoms with Gasteiger partial charge in [0.05, 0.1) is 11.1 Å². The van der Waals surface area contributed by atoms with Crippen molar-refractivity contribution < 1.29 is 9.47 Å². The van der Waals surface area contributed by atoms with E-state index in [4.69, 9.17) is 9.47 Å². The number of nitrogens with zero attached hydrogens (tertiary/aromatic N) is 1. The summed E-state index contributed by atoms with van der Waals surface area (Å²) in [6.45, 7) is 4.17. The van der Waals surface area contributed by atoms with Gasteiger partial charge in [-0.2, -0.15) is 0 Å². The van der Waals surface area contributed by atoms with Crippen molar-refractivity contribution in [2.24, 2.45) is 0 Å². The first-order chi connectivity index (χ1) is 7.34. The van der Waals surface area contributed by atoms with Crippen molar-refractivity contribution in [2.75, 3.05) is 19.8 Å². The molecular weight excluding hydrogens is 258 g/mol. The highest BCUT2D eigenvalue weighted by molar-refractivity contribution is 9.10. The minimum Gasteiger partial charge on any atom is -0.490 e. The lowest BCUT2D eigenvalue weighted by Crippen LogP contribution is -2.07. The average Bonchev–Trinajstić information content (AvgIpc) is 2.25. The summed E-state index contributed by atoms with van der Waals surface area (Å²) in [5.41, 5.74) is 0. The Hall–Kier alpha value is -0.610. The lowest BCUT2D eigenvalue weighted by Gasteiger charge is -2.07. The van der Waals surface area contributed by atoms with Crippen molar-refractivity contribution in [1.82, 2.24) is 4.98 Å². The molecule has 3 nitrogen and oxygen atoms in total. The van der Waals surface area contributed by atoms with Crippen molar-refractivity contribution in [3.05, 3.63) is 22.9 Å². The van der Waals surface area contributed by atoms with Gasteiger partial charge in [-0.3, -0.25) is 4.98 Å². The number of pyridine rings is 1. The quantitative estimate of drug-likeness (QED) is 0.716. The maximum atomic E-state index is 5.51. The van der Waals surface area contributed by atoms with Crippen LogP contribution in [0.1, 0.15) is 19.8 Å². The monoisotopic (exact) mass is 273 g/mol. The van der Waals surface area contributed by atoms with Crippen LogP contribution in [0.15, 0.2) is 22.9 Å². The van der Waals surface area contributed by atoms with Gasteiger partial charge in [-0.1, -0.05) is 13.3 Å². The Labute approximate surface area is 98.9 Å². The Morgan fingerprint density at radius 2 is 2.20 bits per heavy atom. The summed E-state index contributed by atoms with van der Waals surface area (Å²) in [5.74, 6) is 0.809. The van der Waals surface area contributed by atoms with Gasteiger partial charge in [0.2, 0.25) is 0 Å². The summed E-state index contributed by atoms with van der Waals surface area (Å²) < 4.78 is 11.8. The topological polar surface area (TPSA) is 31.4 Å². The molecule has 15 heavy (non-hydrogen) atoms. The van der Waals surface area contributed by atoms with Crippen LogP contribution in [0.5, 0.6) is 5.75 Å². The van der Waals surface area contributed by atoms with Gasteiger partial charge >= 0.3 is 0 Å². The van der Waals surface area contributed by atoms with Crippen LogP contribution in [0.4, 0.5) is 0 Å². The van der Waals surface area contributed by atoms with E-state index in [1.54, 1.807) is 12.4 Å². The second-order valence-electron chi connectivity index (χ2n) is 3.12. The molecule has 0 unspecified atom stereocenters. The van der Waals surface area contributed by atoms with Crippen LogP contribution >= 0.6 is 15.9 Å². The van der Waals surface area contributed by atoms with Crippen LogP contribution in [0.25, 0.3) is 0 Å². The molecule has 0 bridgehead atoms. The molecule has 0 aliphatic heterocycles. The lowest BCUT2D eigenvalue weighted by atomic mass is 10.4. The van der Waals surface area contributed by atoms with Crippen LogP contribution in [0.3, 0.4) is 0 Å². The molecule has 0 amide bonds. The molecule has 0 N–H and O–H groups in total. The minimum atomic E-state index is 0.576. The molecule has 0 saturated heterocycles. The van der Waals surface area contributed by atoms with Gasteiger partial charge in [-0.15, -0.1) is 0 Å². The Morgan fingerprint density at radius 1 is 1.33 bits per heavy atom. The van der Waals surface area contributed by atoms with Crippen LogP contribution in [-0.4, -0.2) is 24.8 Å². The van der Waals surface area contributed by atoms with Gasteiger partial charge in [-0.25, -0.2) is 0 Å². The average molecular weight is 274 g/mol. The predicted molar refractivity (Wildman–Crippen MR) is 63.2 cm³/mol. The van der Waals surface area contributed by atoms with E-state index in [9.17, 15) is 0 Å². The number of ether oxygens (including phenoxy) is 2. The molecule has 0 spiro atoms. The molecule has 0 aliphatic carbocycles. The second-order valence-corrected chi connectivity index (χ2v) is 3.97. The van der Waals surface area contributed by atoms with E-state index in [0.29, 0.717) is 13.2 Å². The largest absolute Gasteiger partial charge is 0.490 e. The molecule has 0 atom stereocenters. The first-order valence-corrected chi connectivity index (χ1v) is 5.94. The molecule has 1 rings (SSSR count). The van der Waals surface area contributed by atoms with E-state index in [1.807, 2.05) is 6.07 Å². The van der Waals surface area contributed by atoms with Gasteiger partial charge < -0.3 is 9.47 Å². The summed E-state index contributed by atoms with van der Waals surface area (Å²) in [7, 11) is 0. The van der Waals surface area contributed by atoms with Crippen LogP contribution in [0, 0.1) is 0 Å². The maximum absolute atomic E-state index is 5.51. The zero-order chi connectivity index (χ0) is 10.9. The number of unbranched alkanes of at least 4 members (excludes halogenated alkanes) is 1. The zero-order valence-electron chi connectivity index (χ0n) is 8.91. The van der Waals surface area contributed by atoms with Gasteiger partial charge in [0.25, 0.3) is 0 Å². The summed E-state index contributed by atoms with van der Waals surface area (Å²) in [5, 5.41) is 0. The fourth-order valence-electron chi connectivity index (χ4n) is 1.04. The Bertz CT molecular complexity index is 281. The number of hydrogen-bond acceptors (Lipinski definition) is 3. The molecule has 84 valence electrons. The first kappa shape index (κ1) is 12.5. The standard InChI is InChI=1S/C11H16BrNO2/c1-2-3-6-14-7-8-15-11-4-5-13-9-10(11)12/h4-5,9H,2-3,6-8H2,1H3. The van der Waals surface area contributed by atoms with E-state index in [0.717, 1.165) is 29.7 Å². The van der Waals surface area contributed by atoms with E-state index >= 15 is 0 Å². The summed E-state index contributed by atoms with van der Waals surface area (Å²) >= 11 is 3.36. The third-order valence-electron chi connectivity index (χ3n) is 1.86. The van der Waals surface area contributed by atoms with E-state index in [-0.39, 0.29) is 0 Å². The summed E-state index contributed by atoms with van der Waals surface area (Å²) in [6.07, 6.45) is 5.70. The molecule has 0 fully saturated rings. The number of rotatable bonds is 7. The smallest absolute Gasteiger partial charge is 0.136 e. The number of hydrogen-bond donors (Lipinski definition) is 0. The fraction of sp³-hybridized carbons (Fsp3) is 0.545. The van der Waals surface area contributed by atoms with E-state index < -0.39 is 0 Å². The third-order valence-corrected chi connectivity index (χ3v) is 2.46. The van der Waals surface area contributed by atoms with E-state index in [2.05, 4.69) is 27.8 Å². The Balaban J connectivity index is 2.12. The molecule has 0 saturated carbocycles. The molecule has 1 aromatic heterocycles. The minimum absolute atomic E-state index is 0.576. The number of aromatic nitrogens is 1. The highest BCUT2D eigenvalue weighted by Gasteiger charge is 1.98. The van der Waals surface area contributed by atoms with E-state index in [1.165, 1.54) is 0 Å². The second kappa shape index (κ2) is 7.65. The van der Waals surface area contributed by atoms with Crippen molar-refractivity contribution in [2.45, 2.75) is 19.8 Å². The highest BCUT2D eigenvalue weighted by atomic mass is 79.9. The normalized spacial score (nSPS) is 10.3. The highest BCUT2D eigenvalue weighted by Crippen LogP contribution is 2.22. The molecule has 1 aromatic rings. The van der Waals surface area contributed by atoms with Crippen LogP contribution in [0.2, 0.25) is 0 Å². The van der Waals surface area contributed by atoms with Crippen LogP contribution in [-0.2, 0) is 4.74 Å². The van der Waals surface area contributed by atoms with Gasteiger partial charge in [-0.05, 0) is 28.4 Å². The van der Waals surface area contributed by atoms with Crippen molar-refractivity contribution in [3.8, 4) is 5.75 Å². The molecule has 0 aromatic carbocycles. The van der Waals surface area contributed by atoms with Crippen LogP contribution < -0.4 is 4.74 Å². The third kappa shape index (κ3) is 5.14. The Morgan fingerprint density at radius 3 is 2.93 bits per heavy atom. The molecular formula is C11H16BrNO2. The van der Waals surface area contributed by atoms with Gasteiger partial charge in [0, 0.05) is 19.0 Å². The Kier molecular flexibility index (Phi) is 6.36. The van der Waals surface area contributed by atoms with Crippen molar-refractivity contribution in [3.63, 3.8) is 0 Å². The lowest BCUT2D eigenvalue weighted by molar-refractivity contribution is 0.0978. The SMILES string of the molecule is CCCCOCCOc1ccncc1Br. The predicted octanol–water partition coefficient (Wildman–Crippen LogP) is 3.04. The summed E-state index contributed by atoms with van der Waals surface area (Å²) in [6, 6.07) is 1.83. The van der Waals surface area contributed by atoms with Crippen molar-refractivity contribution >= 4 is 15.9 Å². The summed E-state index contributed by atoms with van der Waals surface area (Å²) in [4.78, 5) is 3.96. The number of halogens is 1. The molecule has 1 heterocycles. The molecule has 4 heteroatoms. The fourth-order valence-corrected chi connectivity index (χ4v) is 1.40. The maximum Gasteiger partial charge on any atom is 0.136 e. The first-order valence-electron chi connectivity index (χ1n) is 5.14. The molecule has 0 aliphatic rings. The van der Waals surface area contributed by atoms with Crippen molar-refractivity contribution in [1.29, 1.82) is 0 Å². The van der Waals surface area contributed by atoms with Gasteiger partial charge in [0.15, 0.2) is 0 Å². The molecule has 0 radical (unpaired) electrons.